The lowest BCUT2D eigenvalue weighted by molar-refractivity contribution is -0.139. The number of aliphatic carboxylic acids is 1. The highest BCUT2D eigenvalue weighted by Crippen LogP contribution is 2.20. The highest BCUT2D eigenvalue weighted by molar-refractivity contribution is 5.88. The average molecular weight is 510 g/mol. The number of piperidine rings is 1. The van der Waals surface area contributed by atoms with Gasteiger partial charge in [0.2, 0.25) is 11.8 Å². The molecule has 3 rings (SSSR count). The summed E-state index contributed by atoms with van der Waals surface area (Å²) in [4.78, 5) is 36.2. The molecule has 2 amide bonds. The molecule has 2 aromatic rings. The highest BCUT2D eigenvalue weighted by atomic mass is 16.5. The third-order valence-corrected chi connectivity index (χ3v) is 6.75. The Balaban J connectivity index is 1.55. The molecule has 0 radical (unpaired) electrons. The van der Waals surface area contributed by atoms with E-state index in [4.69, 9.17) is 9.84 Å². The lowest BCUT2D eigenvalue weighted by Crippen LogP contribution is -2.46. The van der Waals surface area contributed by atoms with Crippen molar-refractivity contribution in [1.29, 1.82) is 0 Å². The van der Waals surface area contributed by atoms with Crippen LogP contribution in [0.15, 0.2) is 48.5 Å². The summed E-state index contributed by atoms with van der Waals surface area (Å²) >= 11 is 0. The molecule has 1 heterocycles. The summed E-state index contributed by atoms with van der Waals surface area (Å²) in [6.07, 6.45) is 4.04. The Morgan fingerprint density at radius 1 is 1.14 bits per heavy atom. The second kappa shape index (κ2) is 15.0. The van der Waals surface area contributed by atoms with Gasteiger partial charge in [-0.3, -0.25) is 14.4 Å². The summed E-state index contributed by atoms with van der Waals surface area (Å²) in [6, 6.07) is 14.9. The predicted molar refractivity (Wildman–Crippen MR) is 142 cm³/mol. The van der Waals surface area contributed by atoms with Gasteiger partial charge < -0.3 is 25.8 Å². The summed E-state index contributed by atoms with van der Waals surface area (Å²) in [5.74, 6) is -0.364. The lowest BCUT2D eigenvalue weighted by atomic mass is 9.97. The topological polar surface area (TPSA) is 117 Å². The molecule has 4 N–H and O–H groups in total. The molecule has 0 aliphatic carbocycles. The number of carbonyl (C=O) groups excluding carboxylic acids is 2. The van der Waals surface area contributed by atoms with Crippen LogP contribution >= 0.6 is 0 Å². The molecule has 2 aromatic carbocycles. The van der Waals surface area contributed by atoms with E-state index in [1.54, 1.807) is 0 Å². The molecular formula is C29H39N3O5. The van der Waals surface area contributed by atoms with E-state index < -0.39 is 17.9 Å². The molecule has 1 saturated heterocycles. The van der Waals surface area contributed by atoms with E-state index in [2.05, 4.69) is 16.0 Å². The number of hydrogen-bond acceptors (Lipinski definition) is 5. The van der Waals surface area contributed by atoms with Crippen LogP contribution < -0.4 is 20.7 Å². The minimum Gasteiger partial charge on any atom is -0.494 e. The number of nitrogens with one attached hydrogen (secondary N) is 3. The maximum atomic E-state index is 13.1. The van der Waals surface area contributed by atoms with Crippen LogP contribution in [0.5, 0.6) is 5.75 Å². The van der Waals surface area contributed by atoms with Gasteiger partial charge in [0.05, 0.1) is 13.0 Å². The molecule has 200 valence electrons. The number of aryl methyl sites for hydroxylation is 2. The Morgan fingerprint density at radius 3 is 2.68 bits per heavy atom. The highest BCUT2D eigenvalue weighted by Gasteiger charge is 2.21. The maximum Gasteiger partial charge on any atom is 0.303 e. The number of carbonyl (C=O) groups is 3. The first-order valence-corrected chi connectivity index (χ1v) is 13.2. The van der Waals surface area contributed by atoms with E-state index >= 15 is 0 Å². The zero-order chi connectivity index (χ0) is 26.5. The van der Waals surface area contributed by atoms with Crippen molar-refractivity contribution >= 4 is 17.8 Å². The molecule has 1 unspecified atom stereocenters. The SMILES string of the molecule is Cc1ccc(OCCC2CCCNC2)cc1CNC(=O)[C@H](CCc1ccccc1)NC(=O)CCC(=O)O. The minimum atomic E-state index is -1.05. The maximum absolute atomic E-state index is 13.1. The molecule has 0 aromatic heterocycles. The molecule has 2 atom stereocenters. The summed E-state index contributed by atoms with van der Waals surface area (Å²) in [5.41, 5.74) is 3.05. The van der Waals surface area contributed by atoms with E-state index in [0.29, 0.717) is 31.9 Å². The second-order valence-corrected chi connectivity index (χ2v) is 9.69. The smallest absolute Gasteiger partial charge is 0.303 e. The Morgan fingerprint density at radius 2 is 1.95 bits per heavy atom. The molecular weight excluding hydrogens is 470 g/mol. The standard InChI is InChI=1S/C29H39N3O5/c1-21-9-11-25(37-17-15-23-8-5-16-30-19-23)18-24(21)20-31-29(36)26(32-27(33)13-14-28(34)35)12-10-22-6-3-2-4-7-22/h2-4,6-7,9,11,18,23,26,30H,5,8,10,12-17,19-20H2,1H3,(H,31,36)(H,32,33)(H,34,35)/t23?,26-/m0/s1. The van der Waals surface area contributed by atoms with Crippen LogP contribution in [0.2, 0.25) is 0 Å². The summed E-state index contributed by atoms with van der Waals surface area (Å²) < 4.78 is 6.00. The van der Waals surface area contributed by atoms with Crippen LogP contribution in [0.1, 0.15) is 55.2 Å². The van der Waals surface area contributed by atoms with E-state index in [1.165, 1.54) is 12.8 Å². The Hall–Kier alpha value is -3.39. The summed E-state index contributed by atoms with van der Waals surface area (Å²) in [7, 11) is 0. The molecule has 0 saturated carbocycles. The molecule has 8 nitrogen and oxygen atoms in total. The molecule has 37 heavy (non-hydrogen) atoms. The van der Waals surface area contributed by atoms with Crippen LogP contribution in [-0.4, -0.2) is 48.6 Å². The Labute approximate surface area is 219 Å². The number of hydrogen-bond donors (Lipinski definition) is 4. The van der Waals surface area contributed by atoms with Gasteiger partial charge in [0, 0.05) is 13.0 Å². The van der Waals surface area contributed by atoms with Crippen LogP contribution in [0.25, 0.3) is 0 Å². The van der Waals surface area contributed by atoms with Gasteiger partial charge in [-0.05, 0) is 86.9 Å². The number of carboxylic acid groups (broad SMARTS) is 1. The predicted octanol–water partition coefficient (Wildman–Crippen LogP) is 3.36. The molecule has 1 aliphatic rings. The van der Waals surface area contributed by atoms with Crippen molar-refractivity contribution in [2.45, 2.75) is 64.5 Å². The van der Waals surface area contributed by atoms with Gasteiger partial charge in [0.15, 0.2) is 0 Å². The van der Waals surface area contributed by atoms with Crippen LogP contribution in [-0.2, 0) is 27.3 Å². The van der Waals surface area contributed by atoms with Crippen molar-refractivity contribution in [1.82, 2.24) is 16.0 Å². The normalized spacial score (nSPS) is 16.0. The Bertz CT molecular complexity index is 1020. The first kappa shape index (κ1) is 28.2. The molecule has 1 fully saturated rings. The van der Waals surface area contributed by atoms with Gasteiger partial charge in [-0.25, -0.2) is 0 Å². The number of carboxylic acids is 1. The first-order valence-electron chi connectivity index (χ1n) is 13.2. The van der Waals surface area contributed by atoms with E-state index in [1.807, 2.05) is 55.5 Å². The number of amides is 2. The number of ether oxygens (including phenoxy) is 1. The van der Waals surface area contributed by atoms with Crippen molar-refractivity contribution in [2.75, 3.05) is 19.7 Å². The molecule has 0 spiro atoms. The summed E-state index contributed by atoms with van der Waals surface area (Å²) in [6.45, 7) is 5.10. The molecule has 8 heteroatoms. The van der Waals surface area contributed by atoms with E-state index in [-0.39, 0.29) is 18.7 Å². The number of rotatable bonds is 14. The van der Waals surface area contributed by atoms with Gasteiger partial charge in [0.1, 0.15) is 11.8 Å². The van der Waals surface area contributed by atoms with Crippen LogP contribution in [0.3, 0.4) is 0 Å². The fourth-order valence-electron chi connectivity index (χ4n) is 4.46. The van der Waals surface area contributed by atoms with Gasteiger partial charge in [-0.15, -0.1) is 0 Å². The zero-order valence-corrected chi connectivity index (χ0v) is 21.6. The van der Waals surface area contributed by atoms with Crippen molar-refractivity contribution in [2.24, 2.45) is 5.92 Å². The average Bonchev–Trinajstić information content (AvgIpc) is 2.91. The first-order chi connectivity index (χ1) is 17.9. The van der Waals surface area contributed by atoms with Gasteiger partial charge in [-0.1, -0.05) is 36.4 Å². The number of benzene rings is 2. The fourth-order valence-corrected chi connectivity index (χ4v) is 4.46. The van der Waals surface area contributed by atoms with Crippen molar-refractivity contribution in [3.05, 3.63) is 65.2 Å². The zero-order valence-electron chi connectivity index (χ0n) is 21.6. The lowest BCUT2D eigenvalue weighted by Gasteiger charge is -2.22. The minimum absolute atomic E-state index is 0.167. The van der Waals surface area contributed by atoms with Gasteiger partial charge in [-0.2, -0.15) is 0 Å². The third-order valence-electron chi connectivity index (χ3n) is 6.75. The second-order valence-electron chi connectivity index (χ2n) is 9.69. The van der Waals surface area contributed by atoms with Gasteiger partial charge in [0.25, 0.3) is 0 Å². The van der Waals surface area contributed by atoms with Crippen LogP contribution in [0.4, 0.5) is 0 Å². The quantitative estimate of drug-likeness (QED) is 0.310. The van der Waals surface area contributed by atoms with E-state index in [9.17, 15) is 14.4 Å². The van der Waals surface area contributed by atoms with Crippen molar-refractivity contribution in [3.8, 4) is 5.75 Å². The largest absolute Gasteiger partial charge is 0.494 e. The van der Waals surface area contributed by atoms with Crippen molar-refractivity contribution < 1.29 is 24.2 Å². The van der Waals surface area contributed by atoms with E-state index in [0.717, 1.165) is 42.0 Å². The van der Waals surface area contributed by atoms with Crippen LogP contribution in [0, 0.1) is 12.8 Å². The van der Waals surface area contributed by atoms with Crippen molar-refractivity contribution in [3.63, 3.8) is 0 Å². The monoisotopic (exact) mass is 509 g/mol. The molecule has 0 bridgehead atoms. The fraction of sp³-hybridized carbons (Fsp3) is 0.483. The Kier molecular flexibility index (Phi) is 11.4. The third kappa shape index (κ3) is 10.2. The van der Waals surface area contributed by atoms with Gasteiger partial charge >= 0.3 is 5.97 Å². The summed E-state index contributed by atoms with van der Waals surface area (Å²) in [5, 5.41) is 18.0. The molecule has 1 aliphatic heterocycles.